The van der Waals surface area contributed by atoms with Crippen molar-refractivity contribution in [3.05, 3.63) is 24.5 Å². The maximum Gasteiger partial charge on any atom is 0.221 e. The third kappa shape index (κ3) is 3.82. The molecule has 134 valence electrons. The predicted molar refractivity (Wildman–Crippen MR) is 102 cm³/mol. The molecule has 7 heteroatoms. The third-order valence-electron chi connectivity index (χ3n) is 5.01. The monoisotopic (exact) mass is 341 g/mol. The highest BCUT2D eigenvalue weighted by Gasteiger charge is 2.23. The van der Waals surface area contributed by atoms with E-state index >= 15 is 0 Å². The number of nitrogen functional groups attached to an aromatic ring is 2. The van der Waals surface area contributed by atoms with Crippen molar-refractivity contribution >= 4 is 17.6 Å². The van der Waals surface area contributed by atoms with Crippen molar-refractivity contribution in [2.45, 2.75) is 32.7 Å². The number of aromatic nitrogens is 3. The minimum absolute atomic E-state index is 0.182. The van der Waals surface area contributed by atoms with E-state index in [9.17, 15) is 0 Å². The fourth-order valence-electron chi connectivity index (χ4n) is 3.56. The molecule has 0 amide bonds. The summed E-state index contributed by atoms with van der Waals surface area (Å²) in [6, 6.07) is 4.75. The molecule has 0 bridgehead atoms. The first kappa shape index (κ1) is 17.4. The summed E-state index contributed by atoms with van der Waals surface area (Å²) in [6.45, 7) is 8.81. The van der Waals surface area contributed by atoms with Crippen LogP contribution in [0.1, 0.15) is 26.7 Å². The van der Waals surface area contributed by atoms with Crippen LogP contribution < -0.4 is 16.4 Å². The highest BCUT2D eigenvalue weighted by molar-refractivity contribution is 5.73. The summed E-state index contributed by atoms with van der Waals surface area (Å²) >= 11 is 0. The van der Waals surface area contributed by atoms with E-state index in [2.05, 4.69) is 38.6 Å². The number of piperidine rings is 1. The van der Waals surface area contributed by atoms with E-state index in [0.717, 1.165) is 43.1 Å². The van der Waals surface area contributed by atoms with Gasteiger partial charge < -0.3 is 21.3 Å². The molecule has 1 saturated heterocycles. The second kappa shape index (κ2) is 7.65. The van der Waals surface area contributed by atoms with E-state index < -0.39 is 0 Å². The Labute approximate surface area is 149 Å². The second-order valence-electron chi connectivity index (χ2n) is 6.37. The zero-order valence-corrected chi connectivity index (χ0v) is 15.0. The molecule has 1 fully saturated rings. The number of rotatable bonds is 5. The van der Waals surface area contributed by atoms with E-state index in [1.807, 2.05) is 18.3 Å². The van der Waals surface area contributed by atoms with Crippen molar-refractivity contribution in [1.29, 1.82) is 0 Å². The van der Waals surface area contributed by atoms with Gasteiger partial charge in [-0.05, 0) is 38.1 Å². The molecule has 2 aromatic rings. The summed E-state index contributed by atoms with van der Waals surface area (Å²) in [5.41, 5.74) is 13.1. The van der Waals surface area contributed by atoms with Crippen LogP contribution in [-0.2, 0) is 0 Å². The van der Waals surface area contributed by atoms with E-state index in [4.69, 9.17) is 11.5 Å². The summed E-state index contributed by atoms with van der Waals surface area (Å²) in [7, 11) is 0. The number of anilines is 3. The summed E-state index contributed by atoms with van der Waals surface area (Å²) in [4.78, 5) is 17.5. The molecule has 0 radical (unpaired) electrons. The van der Waals surface area contributed by atoms with Gasteiger partial charge in [-0.25, -0.2) is 9.97 Å². The zero-order valence-electron chi connectivity index (χ0n) is 15.0. The smallest absolute Gasteiger partial charge is 0.221 e. The molecule has 7 nitrogen and oxygen atoms in total. The Kier molecular flexibility index (Phi) is 5.33. The molecule has 0 saturated carbocycles. The van der Waals surface area contributed by atoms with Crippen molar-refractivity contribution < 1.29 is 0 Å². The Hall–Kier alpha value is -2.41. The van der Waals surface area contributed by atoms with Gasteiger partial charge in [0.2, 0.25) is 5.95 Å². The lowest BCUT2D eigenvalue weighted by molar-refractivity contribution is 0.186. The molecule has 3 rings (SSSR count). The predicted octanol–water partition coefficient (Wildman–Crippen LogP) is 2.01. The van der Waals surface area contributed by atoms with Crippen molar-refractivity contribution in [2.24, 2.45) is 0 Å². The van der Waals surface area contributed by atoms with E-state index in [-0.39, 0.29) is 5.95 Å². The van der Waals surface area contributed by atoms with E-state index in [1.54, 1.807) is 6.20 Å². The molecule has 25 heavy (non-hydrogen) atoms. The maximum absolute atomic E-state index is 5.93. The second-order valence-corrected chi connectivity index (χ2v) is 6.37. The Morgan fingerprint density at radius 2 is 1.80 bits per heavy atom. The standard InChI is InChI=1S/C18H27N7/c1-3-24(4-2)14-7-9-25(10-8-14)16-6-5-13(11-21-16)15-12-22-18(20)23-17(15)19/h5-6,11-12,14H,3-4,7-10H2,1-2H3,(H4,19,20,22,23). The molecule has 1 aliphatic rings. The summed E-state index contributed by atoms with van der Waals surface area (Å²) in [5.74, 6) is 1.57. The van der Waals surface area contributed by atoms with Gasteiger partial charge in [-0.1, -0.05) is 13.8 Å². The Morgan fingerprint density at radius 3 is 2.36 bits per heavy atom. The van der Waals surface area contributed by atoms with E-state index in [1.165, 1.54) is 12.8 Å². The molecule has 1 aliphatic heterocycles. The van der Waals surface area contributed by atoms with Gasteiger partial charge in [0, 0.05) is 42.7 Å². The van der Waals surface area contributed by atoms with Gasteiger partial charge in [-0.2, -0.15) is 4.98 Å². The molecule has 0 unspecified atom stereocenters. The lowest BCUT2D eigenvalue weighted by atomic mass is 10.0. The first-order valence-electron chi connectivity index (χ1n) is 8.95. The molecule has 3 heterocycles. The van der Waals surface area contributed by atoms with Gasteiger partial charge in [0.1, 0.15) is 11.6 Å². The van der Waals surface area contributed by atoms with Crippen LogP contribution >= 0.6 is 0 Å². The Morgan fingerprint density at radius 1 is 1.08 bits per heavy atom. The van der Waals surface area contributed by atoms with Crippen molar-refractivity contribution in [3.8, 4) is 11.1 Å². The number of pyridine rings is 1. The molecule has 0 spiro atoms. The third-order valence-corrected chi connectivity index (χ3v) is 5.01. The van der Waals surface area contributed by atoms with Crippen molar-refractivity contribution in [2.75, 3.05) is 42.5 Å². The first-order valence-corrected chi connectivity index (χ1v) is 8.95. The summed E-state index contributed by atoms with van der Waals surface area (Å²) < 4.78 is 0. The average Bonchev–Trinajstić information content (AvgIpc) is 2.64. The number of nitrogens with zero attached hydrogens (tertiary/aromatic N) is 5. The molecule has 2 aromatic heterocycles. The van der Waals surface area contributed by atoms with Crippen LogP contribution in [0.2, 0.25) is 0 Å². The molecular formula is C18H27N7. The van der Waals surface area contributed by atoms with Gasteiger partial charge in [0.25, 0.3) is 0 Å². The maximum atomic E-state index is 5.93. The van der Waals surface area contributed by atoms with Gasteiger partial charge in [0.05, 0.1) is 0 Å². The fourth-order valence-corrected chi connectivity index (χ4v) is 3.56. The van der Waals surface area contributed by atoms with Gasteiger partial charge in [-0.15, -0.1) is 0 Å². The molecular weight excluding hydrogens is 314 g/mol. The topological polar surface area (TPSA) is 97.2 Å². The molecule has 4 N–H and O–H groups in total. The van der Waals surface area contributed by atoms with Crippen LogP contribution in [0.4, 0.5) is 17.6 Å². The average molecular weight is 341 g/mol. The summed E-state index contributed by atoms with van der Waals surface area (Å²) in [5, 5.41) is 0. The lowest BCUT2D eigenvalue weighted by Gasteiger charge is -2.38. The first-order chi connectivity index (χ1) is 12.1. The van der Waals surface area contributed by atoms with Gasteiger partial charge in [0.15, 0.2) is 0 Å². The normalized spacial score (nSPS) is 15.7. The van der Waals surface area contributed by atoms with Crippen LogP contribution in [0.3, 0.4) is 0 Å². The van der Waals surface area contributed by atoms with Crippen LogP contribution in [0.25, 0.3) is 11.1 Å². The van der Waals surface area contributed by atoms with Crippen LogP contribution in [0, 0.1) is 0 Å². The van der Waals surface area contributed by atoms with E-state index in [0.29, 0.717) is 11.9 Å². The highest BCUT2D eigenvalue weighted by atomic mass is 15.2. The fraction of sp³-hybridized carbons (Fsp3) is 0.500. The quantitative estimate of drug-likeness (QED) is 0.858. The van der Waals surface area contributed by atoms with Crippen molar-refractivity contribution in [3.63, 3.8) is 0 Å². The van der Waals surface area contributed by atoms with Crippen LogP contribution in [0.5, 0.6) is 0 Å². The lowest BCUT2D eigenvalue weighted by Crippen LogP contribution is -2.45. The van der Waals surface area contributed by atoms with Crippen LogP contribution in [-0.4, -0.2) is 52.1 Å². The largest absolute Gasteiger partial charge is 0.383 e. The van der Waals surface area contributed by atoms with Crippen molar-refractivity contribution in [1.82, 2.24) is 19.9 Å². The Bertz CT molecular complexity index is 689. The zero-order chi connectivity index (χ0) is 17.8. The minimum Gasteiger partial charge on any atom is -0.383 e. The number of nitrogens with two attached hydrogens (primary N) is 2. The minimum atomic E-state index is 0.182. The number of hydrogen-bond acceptors (Lipinski definition) is 7. The summed E-state index contributed by atoms with van der Waals surface area (Å²) in [6.07, 6.45) is 5.84. The Balaban J connectivity index is 1.67. The molecule has 0 atom stereocenters. The van der Waals surface area contributed by atoms with Gasteiger partial charge >= 0.3 is 0 Å². The molecule has 0 aromatic carbocycles. The van der Waals surface area contributed by atoms with Gasteiger partial charge in [-0.3, -0.25) is 0 Å². The molecule has 0 aliphatic carbocycles. The number of hydrogen-bond donors (Lipinski definition) is 2. The highest BCUT2D eigenvalue weighted by Crippen LogP contribution is 2.26. The van der Waals surface area contributed by atoms with Crippen LogP contribution in [0.15, 0.2) is 24.5 Å². The SMILES string of the molecule is CCN(CC)C1CCN(c2ccc(-c3cnc(N)nc3N)cn2)CC1.